The number of hydrogen-bond acceptors (Lipinski definition) is 3. The Kier molecular flexibility index (Phi) is 10.9. The average Bonchev–Trinajstić information content (AvgIpc) is 2.90. The van der Waals surface area contributed by atoms with E-state index in [2.05, 4.69) is 0 Å². The fraction of sp³-hybridized carbons (Fsp3) is 1.00. The Morgan fingerprint density at radius 2 is 1.35 bits per heavy atom. The maximum absolute atomic E-state index is 5.84. The molecule has 0 amide bonds. The fourth-order valence-corrected chi connectivity index (χ4v) is 2.24. The zero-order chi connectivity index (χ0) is 13.1. The minimum Gasteiger partial charge on any atom is -0.350 e. The maximum atomic E-state index is 5.84. The Labute approximate surface area is 107 Å². The minimum atomic E-state index is 0.0827. The molecule has 1 aliphatic carbocycles. The molecule has 2 rings (SSSR count). The van der Waals surface area contributed by atoms with Crippen LogP contribution in [0.2, 0.25) is 0 Å². The van der Waals surface area contributed by atoms with Crippen LogP contribution in [0.1, 0.15) is 59.8 Å². The third kappa shape index (κ3) is 7.02. The summed E-state index contributed by atoms with van der Waals surface area (Å²) in [4.78, 5) is 0. The summed E-state index contributed by atoms with van der Waals surface area (Å²) in [6, 6.07) is 0.446. The van der Waals surface area contributed by atoms with E-state index in [1.54, 1.807) is 0 Å². The molecule has 1 heterocycles. The Hall–Kier alpha value is -0.120. The largest absolute Gasteiger partial charge is 0.350 e. The van der Waals surface area contributed by atoms with Gasteiger partial charge in [0.1, 0.15) is 0 Å². The average molecular weight is 245 g/mol. The zero-order valence-corrected chi connectivity index (χ0v) is 12.1. The SMILES string of the molecule is CC.CC.NC1CCC(CC2OCCO2)CC1. The van der Waals surface area contributed by atoms with Crippen LogP contribution in [-0.4, -0.2) is 25.5 Å². The molecule has 3 nitrogen and oxygen atoms in total. The van der Waals surface area contributed by atoms with Crippen LogP contribution in [0.25, 0.3) is 0 Å². The van der Waals surface area contributed by atoms with Crippen molar-refractivity contribution in [1.29, 1.82) is 0 Å². The van der Waals surface area contributed by atoms with Crippen molar-refractivity contribution in [3.8, 4) is 0 Å². The van der Waals surface area contributed by atoms with E-state index in [1.165, 1.54) is 25.7 Å². The normalized spacial score (nSPS) is 28.8. The van der Waals surface area contributed by atoms with Gasteiger partial charge in [-0.25, -0.2) is 0 Å². The van der Waals surface area contributed by atoms with E-state index in [-0.39, 0.29) is 6.29 Å². The van der Waals surface area contributed by atoms with Crippen LogP contribution in [0.15, 0.2) is 0 Å². The Morgan fingerprint density at radius 1 is 0.882 bits per heavy atom. The van der Waals surface area contributed by atoms with Gasteiger partial charge in [-0.2, -0.15) is 0 Å². The fourth-order valence-electron chi connectivity index (χ4n) is 2.24. The van der Waals surface area contributed by atoms with E-state index in [0.29, 0.717) is 6.04 Å². The molecule has 1 saturated carbocycles. The van der Waals surface area contributed by atoms with Gasteiger partial charge in [-0.15, -0.1) is 0 Å². The molecule has 1 aliphatic heterocycles. The lowest BCUT2D eigenvalue weighted by Crippen LogP contribution is -2.28. The zero-order valence-electron chi connectivity index (χ0n) is 12.1. The van der Waals surface area contributed by atoms with Gasteiger partial charge in [0, 0.05) is 12.5 Å². The Balaban J connectivity index is 0.000000581. The number of hydrogen-bond donors (Lipinski definition) is 1. The summed E-state index contributed by atoms with van der Waals surface area (Å²) in [5.74, 6) is 0.780. The molecule has 0 aromatic carbocycles. The molecule has 2 N–H and O–H groups in total. The van der Waals surface area contributed by atoms with Crippen molar-refractivity contribution < 1.29 is 9.47 Å². The van der Waals surface area contributed by atoms with Gasteiger partial charge >= 0.3 is 0 Å². The van der Waals surface area contributed by atoms with Crippen LogP contribution in [0.5, 0.6) is 0 Å². The first-order valence-electron chi connectivity index (χ1n) is 7.33. The van der Waals surface area contributed by atoms with E-state index in [0.717, 1.165) is 25.6 Å². The molecule has 0 bridgehead atoms. The van der Waals surface area contributed by atoms with Crippen molar-refractivity contribution in [2.45, 2.75) is 72.1 Å². The third-order valence-electron chi connectivity index (χ3n) is 3.11. The first kappa shape index (κ1) is 16.9. The second-order valence-electron chi connectivity index (χ2n) is 4.19. The number of nitrogens with two attached hydrogens (primary N) is 1. The summed E-state index contributed by atoms with van der Waals surface area (Å²) in [6.07, 6.45) is 6.02. The van der Waals surface area contributed by atoms with Crippen LogP contribution >= 0.6 is 0 Å². The Morgan fingerprint density at radius 3 is 1.82 bits per heavy atom. The van der Waals surface area contributed by atoms with Gasteiger partial charge < -0.3 is 15.2 Å². The highest BCUT2D eigenvalue weighted by Gasteiger charge is 2.24. The van der Waals surface area contributed by atoms with Gasteiger partial charge in [-0.1, -0.05) is 27.7 Å². The summed E-state index contributed by atoms with van der Waals surface area (Å²) in [6.45, 7) is 9.55. The third-order valence-corrected chi connectivity index (χ3v) is 3.11. The molecule has 2 aliphatic rings. The van der Waals surface area contributed by atoms with Crippen LogP contribution in [0.4, 0.5) is 0 Å². The number of rotatable bonds is 2. The molecule has 2 fully saturated rings. The second-order valence-corrected chi connectivity index (χ2v) is 4.19. The van der Waals surface area contributed by atoms with Crippen molar-refractivity contribution in [3.63, 3.8) is 0 Å². The maximum Gasteiger partial charge on any atom is 0.158 e. The van der Waals surface area contributed by atoms with Crippen molar-refractivity contribution in [2.75, 3.05) is 13.2 Å². The Bertz CT molecular complexity index is 150. The van der Waals surface area contributed by atoms with Gasteiger partial charge in [0.25, 0.3) is 0 Å². The molecule has 3 heteroatoms. The van der Waals surface area contributed by atoms with Crippen LogP contribution < -0.4 is 5.73 Å². The summed E-state index contributed by atoms with van der Waals surface area (Å²) >= 11 is 0. The highest BCUT2D eigenvalue weighted by atomic mass is 16.7. The van der Waals surface area contributed by atoms with Crippen molar-refractivity contribution in [1.82, 2.24) is 0 Å². The molecule has 104 valence electrons. The minimum absolute atomic E-state index is 0.0827. The predicted molar refractivity (Wildman–Crippen MR) is 72.9 cm³/mol. The lowest BCUT2D eigenvalue weighted by atomic mass is 9.84. The number of ether oxygens (including phenoxy) is 2. The molecule has 0 spiro atoms. The van der Waals surface area contributed by atoms with E-state index in [4.69, 9.17) is 15.2 Å². The highest BCUT2D eigenvalue weighted by molar-refractivity contribution is 4.75. The summed E-state index contributed by atoms with van der Waals surface area (Å²) in [5, 5.41) is 0. The van der Waals surface area contributed by atoms with E-state index >= 15 is 0 Å². The second kappa shape index (κ2) is 11.0. The predicted octanol–water partition coefficient (Wildman–Crippen LogP) is 3.32. The van der Waals surface area contributed by atoms with Gasteiger partial charge in [0.15, 0.2) is 6.29 Å². The first-order valence-corrected chi connectivity index (χ1v) is 7.33. The smallest absolute Gasteiger partial charge is 0.158 e. The summed E-state index contributed by atoms with van der Waals surface area (Å²) in [7, 11) is 0. The van der Waals surface area contributed by atoms with Crippen molar-refractivity contribution >= 4 is 0 Å². The van der Waals surface area contributed by atoms with E-state index < -0.39 is 0 Å². The standard InChI is InChI=1S/C10H19NO2.2C2H6/c11-9-3-1-8(2-4-9)7-10-12-5-6-13-10;2*1-2/h8-10H,1-7,11H2;2*1-2H3. The molecule has 0 unspecified atom stereocenters. The molecule has 0 atom stereocenters. The highest BCUT2D eigenvalue weighted by Crippen LogP contribution is 2.28. The van der Waals surface area contributed by atoms with Gasteiger partial charge in [-0.05, 0) is 31.6 Å². The van der Waals surface area contributed by atoms with E-state index in [9.17, 15) is 0 Å². The van der Waals surface area contributed by atoms with Gasteiger partial charge in [0.05, 0.1) is 13.2 Å². The topological polar surface area (TPSA) is 44.5 Å². The molecule has 0 radical (unpaired) electrons. The van der Waals surface area contributed by atoms with E-state index in [1.807, 2.05) is 27.7 Å². The van der Waals surface area contributed by atoms with Gasteiger partial charge in [-0.3, -0.25) is 0 Å². The summed E-state index contributed by atoms with van der Waals surface area (Å²) < 4.78 is 10.9. The van der Waals surface area contributed by atoms with Crippen LogP contribution in [-0.2, 0) is 9.47 Å². The molecule has 0 aromatic rings. The molecule has 1 saturated heterocycles. The monoisotopic (exact) mass is 245 g/mol. The molecular weight excluding hydrogens is 214 g/mol. The van der Waals surface area contributed by atoms with Gasteiger partial charge in [0.2, 0.25) is 0 Å². The van der Waals surface area contributed by atoms with Crippen molar-refractivity contribution in [3.05, 3.63) is 0 Å². The quantitative estimate of drug-likeness (QED) is 0.811. The molecule has 17 heavy (non-hydrogen) atoms. The first-order chi connectivity index (χ1) is 8.34. The molecule has 0 aromatic heterocycles. The lowest BCUT2D eigenvalue weighted by Gasteiger charge is -2.27. The summed E-state index contributed by atoms with van der Waals surface area (Å²) in [5.41, 5.74) is 5.84. The van der Waals surface area contributed by atoms with Crippen LogP contribution in [0.3, 0.4) is 0 Å². The van der Waals surface area contributed by atoms with Crippen molar-refractivity contribution in [2.24, 2.45) is 11.7 Å². The lowest BCUT2D eigenvalue weighted by molar-refractivity contribution is -0.0600. The molecular formula is C14H31NO2. The van der Waals surface area contributed by atoms with Crippen LogP contribution in [0, 0.1) is 5.92 Å².